The second-order valence-electron chi connectivity index (χ2n) is 4.28. The highest BCUT2D eigenvalue weighted by molar-refractivity contribution is 5.80. The zero-order valence-corrected chi connectivity index (χ0v) is 9.76. The predicted molar refractivity (Wildman–Crippen MR) is 70.5 cm³/mol. The summed E-state index contributed by atoms with van der Waals surface area (Å²) in [5.41, 5.74) is 5.41. The van der Waals surface area contributed by atoms with Crippen LogP contribution in [0.2, 0.25) is 0 Å². The van der Waals surface area contributed by atoms with E-state index in [-0.39, 0.29) is 0 Å². The molecule has 3 rings (SSSR count). The average Bonchev–Trinajstić information content (AvgIpc) is 2.94. The molecule has 5 nitrogen and oxygen atoms in total. The lowest BCUT2D eigenvalue weighted by Gasteiger charge is -2.29. The maximum atomic E-state index is 3.99. The zero-order valence-electron chi connectivity index (χ0n) is 9.76. The lowest BCUT2D eigenvalue weighted by Crippen LogP contribution is -2.43. The monoisotopic (exact) mass is 231 g/mol. The fourth-order valence-electron chi connectivity index (χ4n) is 2.20. The SMILES string of the molecule is C1=NNCN1c1ccc(N2CCNCC2)cc1. The maximum absolute atomic E-state index is 3.99. The van der Waals surface area contributed by atoms with Gasteiger partial charge in [-0.2, -0.15) is 5.10 Å². The molecular formula is C12H17N5. The topological polar surface area (TPSA) is 42.9 Å². The van der Waals surface area contributed by atoms with E-state index in [2.05, 4.69) is 49.9 Å². The van der Waals surface area contributed by atoms with Crippen molar-refractivity contribution in [2.75, 3.05) is 42.6 Å². The minimum atomic E-state index is 0.757. The molecule has 0 spiro atoms. The smallest absolute Gasteiger partial charge is 0.117 e. The van der Waals surface area contributed by atoms with E-state index in [9.17, 15) is 0 Å². The molecule has 1 fully saturated rings. The van der Waals surface area contributed by atoms with Gasteiger partial charge in [-0.1, -0.05) is 0 Å². The molecule has 0 aliphatic carbocycles. The van der Waals surface area contributed by atoms with E-state index >= 15 is 0 Å². The summed E-state index contributed by atoms with van der Waals surface area (Å²) in [4.78, 5) is 4.50. The van der Waals surface area contributed by atoms with Gasteiger partial charge in [-0.3, -0.25) is 5.43 Å². The number of nitrogens with zero attached hydrogens (tertiary/aromatic N) is 3. The first-order valence-corrected chi connectivity index (χ1v) is 6.02. The van der Waals surface area contributed by atoms with Crippen molar-refractivity contribution in [3.63, 3.8) is 0 Å². The first kappa shape index (κ1) is 10.4. The lowest BCUT2D eigenvalue weighted by molar-refractivity contribution is 0.589. The van der Waals surface area contributed by atoms with Gasteiger partial charge in [0.05, 0.1) is 0 Å². The van der Waals surface area contributed by atoms with Crippen molar-refractivity contribution in [1.82, 2.24) is 10.7 Å². The Hall–Kier alpha value is -1.75. The number of benzene rings is 1. The predicted octanol–water partition coefficient (Wildman–Crippen LogP) is 0.407. The summed E-state index contributed by atoms with van der Waals surface area (Å²) >= 11 is 0. The van der Waals surface area contributed by atoms with Crippen molar-refractivity contribution < 1.29 is 0 Å². The van der Waals surface area contributed by atoms with Gasteiger partial charge in [0.2, 0.25) is 0 Å². The molecule has 2 N–H and O–H groups in total. The molecule has 2 aliphatic rings. The van der Waals surface area contributed by atoms with Crippen LogP contribution in [0, 0.1) is 0 Å². The first-order valence-electron chi connectivity index (χ1n) is 6.02. The van der Waals surface area contributed by atoms with Crippen LogP contribution in [0.5, 0.6) is 0 Å². The van der Waals surface area contributed by atoms with Crippen LogP contribution < -0.4 is 20.5 Å². The highest BCUT2D eigenvalue weighted by Gasteiger charge is 2.11. The number of rotatable bonds is 2. The summed E-state index contributed by atoms with van der Waals surface area (Å²) in [5.74, 6) is 0. The molecule has 0 unspecified atom stereocenters. The van der Waals surface area contributed by atoms with E-state index in [4.69, 9.17) is 0 Å². The van der Waals surface area contributed by atoms with Gasteiger partial charge in [0.25, 0.3) is 0 Å². The number of hydrazone groups is 1. The Labute approximate surface area is 101 Å². The van der Waals surface area contributed by atoms with Gasteiger partial charge >= 0.3 is 0 Å². The molecule has 0 amide bonds. The lowest BCUT2D eigenvalue weighted by atomic mass is 10.2. The molecule has 5 heteroatoms. The van der Waals surface area contributed by atoms with E-state index < -0.39 is 0 Å². The highest BCUT2D eigenvalue weighted by Crippen LogP contribution is 2.20. The fraction of sp³-hybridized carbons (Fsp3) is 0.417. The van der Waals surface area contributed by atoms with Crippen LogP contribution in [0.15, 0.2) is 29.4 Å². The van der Waals surface area contributed by atoms with Gasteiger partial charge in [-0.25, -0.2) is 0 Å². The highest BCUT2D eigenvalue weighted by atomic mass is 15.5. The Morgan fingerprint density at radius 3 is 2.35 bits per heavy atom. The number of hydrogen-bond donors (Lipinski definition) is 2. The largest absolute Gasteiger partial charge is 0.369 e. The molecule has 2 heterocycles. The Bertz CT molecular complexity index is 394. The quantitative estimate of drug-likeness (QED) is 0.773. The summed E-state index contributed by atoms with van der Waals surface area (Å²) in [6.45, 7) is 5.08. The molecule has 1 aromatic carbocycles. The van der Waals surface area contributed by atoms with Crippen LogP contribution >= 0.6 is 0 Å². The van der Waals surface area contributed by atoms with Gasteiger partial charge in [-0.05, 0) is 24.3 Å². The summed E-state index contributed by atoms with van der Waals surface area (Å²) in [5, 5.41) is 7.35. The second kappa shape index (κ2) is 4.63. The summed E-state index contributed by atoms with van der Waals surface area (Å²) < 4.78 is 0. The van der Waals surface area contributed by atoms with Crippen molar-refractivity contribution in [2.45, 2.75) is 0 Å². The standard InChI is InChI=1S/C12H17N5/c1-3-12(17-9-14-15-10-17)4-2-11(1)16-7-5-13-6-8-16/h1-4,9,13,15H,5-8,10H2. The number of hydrogen-bond acceptors (Lipinski definition) is 5. The molecule has 0 atom stereocenters. The number of piperazine rings is 1. The normalized spacial score (nSPS) is 19.5. The van der Waals surface area contributed by atoms with Gasteiger partial charge in [0, 0.05) is 37.6 Å². The molecule has 0 saturated carbocycles. The van der Waals surface area contributed by atoms with Crippen LogP contribution in [0.3, 0.4) is 0 Å². The molecule has 90 valence electrons. The van der Waals surface area contributed by atoms with E-state index in [0.717, 1.165) is 32.8 Å². The third kappa shape index (κ3) is 2.19. The fourth-order valence-corrected chi connectivity index (χ4v) is 2.20. The van der Waals surface area contributed by atoms with Crippen LogP contribution in [0.4, 0.5) is 11.4 Å². The Kier molecular flexibility index (Phi) is 2.83. The molecule has 1 saturated heterocycles. The maximum Gasteiger partial charge on any atom is 0.117 e. The van der Waals surface area contributed by atoms with Crippen molar-refractivity contribution in [3.8, 4) is 0 Å². The van der Waals surface area contributed by atoms with Crippen LogP contribution in [-0.4, -0.2) is 39.2 Å². The van der Waals surface area contributed by atoms with E-state index in [1.807, 2.05) is 6.34 Å². The van der Waals surface area contributed by atoms with Gasteiger partial charge in [0.15, 0.2) is 0 Å². The first-order chi connectivity index (χ1) is 8.43. The van der Waals surface area contributed by atoms with Gasteiger partial charge < -0.3 is 15.1 Å². The van der Waals surface area contributed by atoms with Crippen LogP contribution in [0.1, 0.15) is 0 Å². The van der Waals surface area contributed by atoms with E-state index in [1.54, 1.807) is 0 Å². The zero-order chi connectivity index (χ0) is 11.5. The Balaban J connectivity index is 1.72. The molecule has 2 aliphatic heterocycles. The Morgan fingerprint density at radius 2 is 1.71 bits per heavy atom. The number of nitrogens with one attached hydrogen (secondary N) is 2. The second-order valence-corrected chi connectivity index (χ2v) is 4.28. The van der Waals surface area contributed by atoms with Crippen LogP contribution in [0.25, 0.3) is 0 Å². The van der Waals surface area contributed by atoms with E-state index in [1.165, 1.54) is 11.4 Å². The molecule has 0 aromatic heterocycles. The summed E-state index contributed by atoms with van der Waals surface area (Å²) in [6.07, 6.45) is 1.82. The van der Waals surface area contributed by atoms with Crippen molar-refractivity contribution in [2.24, 2.45) is 5.10 Å². The molecule has 0 radical (unpaired) electrons. The molecule has 0 bridgehead atoms. The minimum Gasteiger partial charge on any atom is -0.369 e. The van der Waals surface area contributed by atoms with E-state index in [0.29, 0.717) is 0 Å². The van der Waals surface area contributed by atoms with Crippen molar-refractivity contribution >= 4 is 17.7 Å². The third-order valence-corrected chi connectivity index (χ3v) is 3.19. The van der Waals surface area contributed by atoms with Crippen molar-refractivity contribution in [1.29, 1.82) is 0 Å². The van der Waals surface area contributed by atoms with Crippen LogP contribution in [-0.2, 0) is 0 Å². The average molecular weight is 231 g/mol. The summed E-state index contributed by atoms with van der Waals surface area (Å²) in [7, 11) is 0. The molecule has 17 heavy (non-hydrogen) atoms. The summed E-state index contributed by atoms with van der Waals surface area (Å²) in [6, 6.07) is 8.67. The van der Waals surface area contributed by atoms with Crippen molar-refractivity contribution in [3.05, 3.63) is 24.3 Å². The van der Waals surface area contributed by atoms with Gasteiger partial charge in [0.1, 0.15) is 13.0 Å². The molecular weight excluding hydrogens is 214 g/mol. The number of anilines is 2. The third-order valence-electron chi connectivity index (χ3n) is 3.19. The minimum absolute atomic E-state index is 0.757. The molecule has 1 aromatic rings. The van der Waals surface area contributed by atoms with Gasteiger partial charge in [-0.15, -0.1) is 0 Å². The Morgan fingerprint density at radius 1 is 1.00 bits per heavy atom.